The predicted octanol–water partition coefficient (Wildman–Crippen LogP) is 2.35. The minimum Gasteiger partial charge on any atom is -0.368 e. The first-order valence-electron chi connectivity index (χ1n) is 10.4. The van der Waals surface area contributed by atoms with Crippen LogP contribution in [0.25, 0.3) is 0 Å². The minimum atomic E-state index is -0.859. The van der Waals surface area contributed by atoms with Gasteiger partial charge in [-0.1, -0.05) is 38.5 Å². The summed E-state index contributed by atoms with van der Waals surface area (Å²) in [5.74, 6) is -0.449. The van der Waals surface area contributed by atoms with E-state index in [9.17, 15) is 14.4 Å². The SMILES string of the molecule is CC(=O)N1CCCC1C(=O)N(C1CCCCC1)C1(C(N)=O)CCCCC1. The Labute approximate surface area is 156 Å². The molecule has 6 nitrogen and oxygen atoms in total. The third kappa shape index (κ3) is 3.47. The summed E-state index contributed by atoms with van der Waals surface area (Å²) in [5.41, 5.74) is 5.07. The number of likely N-dealkylation sites (tertiary alicyclic amines) is 1. The Morgan fingerprint density at radius 1 is 0.923 bits per heavy atom. The van der Waals surface area contributed by atoms with E-state index < -0.39 is 11.6 Å². The lowest BCUT2D eigenvalue weighted by Gasteiger charge is -2.50. The minimum absolute atomic E-state index is 0.0368. The fraction of sp³-hybridized carbons (Fsp3) is 0.850. The third-order valence-electron chi connectivity index (χ3n) is 6.72. The van der Waals surface area contributed by atoms with Crippen LogP contribution in [0.3, 0.4) is 0 Å². The van der Waals surface area contributed by atoms with Crippen molar-refractivity contribution in [3.05, 3.63) is 0 Å². The lowest BCUT2D eigenvalue weighted by atomic mass is 9.77. The van der Waals surface area contributed by atoms with Gasteiger partial charge in [0.15, 0.2) is 0 Å². The van der Waals surface area contributed by atoms with Gasteiger partial charge in [0.1, 0.15) is 11.6 Å². The van der Waals surface area contributed by atoms with Crippen LogP contribution in [0.2, 0.25) is 0 Å². The van der Waals surface area contributed by atoms with Crippen molar-refractivity contribution in [1.29, 1.82) is 0 Å². The first kappa shape index (κ1) is 19.2. The van der Waals surface area contributed by atoms with Gasteiger partial charge < -0.3 is 15.5 Å². The van der Waals surface area contributed by atoms with E-state index in [-0.39, 0.29) is 23.8 Å². The summed E-state index contributed by atoms with van der Waals surface area (Å²) in [7, 11) is 0. The number of amides is 3. The second-order valence-electron chi connectivity index (χ2n) is 8.33. The number of rotatable bonds is 4. The summed E-state index contributed by atoms with van der Waals surface area (Å²) in [4.78, 5) is 41.9. The smallest absolute Gasteiger partial charge is 0.246 e. The van der Waals surface area contributed by atoms with Crippen LogP contribution in [0.4, 0.5) is 0 Å². The summed E-state index contributed by atoms with van der Waals surface area (Å²) in [6.45, 7) is 2.16. The van der Waals surface area contributed by atoms with Crippen LogP contribution in [0.5, 0.6) is 0 Å². The van der Waals surface area contributed by atoms with Crippen LogP contribution >= 0.6 is 0 Å². The Morgan fingerprint density at radius 3 is 2.12 bits per heavy atom. The highest BCUT2D eigenvalue weighted by molar-refractivity contribution is 5.94. The van der Waals surface area contributed by atoms with Crippen molar-refractivity contribution in [2.75, 3.05) is 6.54 Å². The van der Waals surface area contributed by atoms with Gasteiger partial charge in [-0.25, -0.2) is 0 Å². The highest BCUT2D eigenvalue weighted by Crippen LogP contribution is 2.39. The van der Waals surface area contributed by atoms with Crippen molar-refractivity contribution < 1.29 is 14.4 Å². The molecule has 0 aromatic heterocycles. The topological polar surface area (TPSA) is 83.7 Å². The van der Waals surface area contributed by atoms with Gasteiger partial charge in [0.25, 0.3) is 0 Å². The molecule has 6 heteroatoms. The van der Waals surface area contributed by atoms with Crippen LogP contribution in [0, 0.1) is 0 Å². The number of nitrogens with two attached hydrogens (primary N) is 1. The van der Waals surface area contributed by atoms with Crippen LogP contribution in [0.15, 0.2) is 0 Å². The van der Waals surface area contributed by atoms with E-state index in [2.05, 4.69) is 0 Å². The molecule has 0 aromatic rings. The van der Waals surface area contributed by atoms with Crippen LogP contribution in [0.1, 0.15) is 84.0 Å². The molecule has 1 unspecified atom stereocenters. The molecule has 1 aliphatic heterocycles. The summed E-state index contributed by atoms with van der Waals surface area (Å²) in [6.07, 6.45) is 11.1. The van der Waals surface area contributed by atoms with Crippen molar-refractivity contribution in [2.24, 2.45) is 5.73 Å². The number of carbonyl (C=O) groups excluding carboxylic acids is 3. The average Bonchev–Trinajstić information content (AvgIpc) is 3.13. The first-order valence-corrected chi connectivity index (χ1v) is 10.4. The van der Waals surface area contributed by atoms with Gasteiger partial charge in [-0.05, 0) is 38.5 Å². The molecule has 2 saturated carbocycles. The highest BCUT2D eigenvalue weighted by Gasteiger charge is 2.51. The average molecular weight is 364 g/mol. The molecule has 1 atom stereocenters. The van der Waals surface area contributed by atoms with Crippen molar-refractivity contribution in [1.82, 2.24) is 9.80 Å². The van der Waals surface area contributed by atoms with Crippen molar-refractivity contribution in [3.8, 4) is 0 Å². The van der Waals surface area contributed by atoms with Crippen LogP contribution in [-0.4, -0.2) is 51.7 Å². The van der Waals surface area contributed by atoms with Gasteiger partial charge in [-0.2, -0.15) is 0 Å². The molecule has 2 aliphatic carbocycles. The van der Waals surface area contributed by atoms with E-state index in [1.165, 1.54) is 13.3 Å². The van der Waals surface area contributed by atoms with Gasteiger partial charge in [-0.3, -0.25) is 14.4 Å². The van der Waals surface area contributed by atoms with Crippen LogP contribution in [-0.2, 0) is 14.4 Å². The van der Waals surface area contributed by atoms with Gasteiger partial charge in [-0.15, -0.1) is 0 Å². The van der Waals surface area contributed by atoms with Gasteiger partial charge in [0.05, 0.1) is 0 Å². The normalized spacial score (nSPS) is 26.5. The fourth-order valence-electron chi connectivity index (χ4n) is 5.38. The van der Waals surface area contributed by atoms with Crippen molar-refractivity contribution in [2.45, 2.75) is 102 Å². The number of hydrogen-bond donors (Lipinski definition) is 1. The van der Waals surface area contributed by atoms with Gasteiger partial charge >= 0.3 is 0 Å². The van der Waals surface area contributed by atoms with E-state index in [1.807, 2.05) is 4.90 Å². The molecule has 0 bridgehead atoms. The number of primary amides is 1. The summed E-state index contributed by atoms with van der Waals surface area (Å²) >= 11 is 0. The zero-order valence-electron chi connectivity index (χ0n) is 16.0. The molecule has 1 saturated heterocycles. The zero-order chi connectivity index (χ0) is 18.7. The molecule has 26 heavy (non-hydrogen) atoms. The molecular weight excluding hydrogens is 330 g/mol. The van der Waals surface area contributed by atoms with Crippen LogP contribution < -0.4 is 5.73 Å². The van der Waals surface area contributed by atoms with Crippen molar-refractivity contribution >= 4 is 17.7 Å². The molecule has 0 spiro atoms. The molecule has 0 radical (unpaired) electrons. The Bertz CT molecular complexity index is 551. The maximum Gasteiger partial charge on any atom is 0.246 e. The Balaban J connectivity index is 1.95. The number of hydrogen-bond acceptors (Lipinski definition) is 3. The zero-order valence-corrected chi connectivity index (χ0v) is 16.0. The van der Waals surface area contributed by atoms with E-state index in [0.717, 1.165) is 51.4 Å². The second kappa shape index (κ2) is 7.97. The maximum absolute atomic E-state index is 13.7. The maximum atomic E-state index is 13.7. The number of carbonyl (C=O) groups is 3. The van der Waals surface area contributed by atoms with E-state index in [1.54, 1.807) is 4.90 Å². The van der Waals surface area contributed by atoms with E-state index in [4.69, 9.17) is 5.73 Å². The molecule has 3 amide bonds. The number of nitrogens with zero attached hydrogens (tertiary/aromatic N) is 2. The fourth-order valence-corrected chi connectivity index (χ4v) is 5.38. The lowest BCUT2D eigenvalue weighted by molar-refractivity contribution is -0.159. The van der Waals surface area contributed by atoms with Gasteiger partial charge in [0, 0.05) is 19.5 Å². The molecule has 3 rings (SSSR count). The monoisotopic (exact) mass is 363 g/mol. The summed E-state index contributed by atoms with van der Waals surface area (Å²) < 4.78 is 0. The Kier molecular flexibility index (Phi) is 5.88. The quantitative estimate of drug-likeness (QED) is 0.832. The molecule has 3 fully saturated rings. The molecule has 146 valence electrons. The molecule has 3 aliphatic rings. The third-order valence-corrected chi connectivity index (χ3v) is 6.72. The lowest BCUT2D eigenvalue weighted by Crippen LogP contribution is -2.66. The van der Waals surface area contributed by atoms with E-state index in [0.29, 0.717) is 25.8 Å². The Morgan fingerprint density at radius 2 is 1.54 bits per heavy atom. The molecule has 2 N–H and O–H groups in total. The Hall–Kier alpha value is -1.59. The first-order chi connectivity index (χ1) is 12.5. The largest absolute Gasteiger partial charge is 0.368 e. The molecule has 1 heterocycles. The molecular formula is C20H33N3O3. The highest BCUT2D eigenvalue weighted by atomic mass is 16.2. The van der Waals surface area contributed by atoms with Gasteiger partial charge in [0.2, 0.25) is 17.7 Å². The van der Waals surface area contributed by atoms with E-state index >= 15 is 0 Å². The van der Waals surface area contributed by atoms with Crippen molar-refractivity contribution in [3.63, 3.8) is 0 Å². The molecule has 0 aromatic carbocycles. The second-order valence-corrected chi connectivity index (χ2v) is 8.33. The predicted molar refractivity (Wildman–Crippen MR) is 99.1 cm³/mol. The summed E-state index contributed by atoms with van der Waals surface area (Å²) in [6, 6.07) is -0.344. The standard InChI is InChI=1S/C20H33N3O3/c1-15(24)22-14-8-11-17(22)18(25)23(16-9-4-2-5-10-16)20(19(21)26)12-6-3-7-13-20/h16-17H,2-14H2,1H3,(H2,21,26). The summed E-state index contributed by atoms with van der Waals surface area (Å²) in [5, 5.41) is 0.